The van der Waals surface area contributed by atoms with Gasteiger partial charge in [0.15, 0.2) is 10.6 Å². The quantitative estimate of drug-likeness (QED) is 0.510. The first-order valence-corrected chi connectivity index (χ1v) is 15.0. The van der Waals surface area contributed by atoms with Crippen LogP contribution in [0.2, 0.25) is 0 Å². The van der Waals surface area contributed by atoms with E-state index in [-0.39, 0.29) is 5.03 Å². The summed E-state index contributed by atoms with van der Waals surface area (Å²) in [5.41, 5.74) is 0.836. The monoisotopic (exact) mass is 541 g/mol. The predicted molar refractivity (Wildman–Crippen MR) is 142 cm³/mol. The number of carbonyl (C=O) groups excluding carboxylic acids is 1. The van der Waals surface area contributed by atoms with Gasteiger partial charge < -0.3 is 14.7 Å². The molecule has 1 aromatic carbocycles. The van der Waals surface area contributed by atoms with Crippen LogP contribution in [-0.4, -0.2) is 49.1 Å². The van der Waals surface area contributed by atoms with E-state index in [4.69, 9.17) is 4.74 Å². The van der Waals surface area contributed by atoms with Crippen molar-refractivity contribution in [3.8, 4) is 5.75 Å². The van der Waals surface area contributed by atoms with Crippen molar-refractivity contribution in [1.29, 1.82) is 0 Å². The molecule has 1 amide bonds. The second-order valence-electron chi connectivity index (χ2n) is 10.8. The Kier molecular flexibility index (Phi) is 7.35. The Bertz CT molecular complexity index is 1310. The van der Waals surface area contributed by atoms with Gasteiger partial charge in [-0.3, -0.25) is 9.59 Å². The molecule has 3 aliphatic rings. The van der Waals surface area contributed by atoms with Gasteiger partial charge in [0.05, 0.1) is 5.92 Å². The van der Waals surface area contributed by atoms with Crippen LogP contribution in [0.1, 0.15) is 74.8 Å². The molecule has 0 radical (unpaired) electrons. The summed E-state index contributed by atoms with van der Waals surface area (Å²) in [6.07, 6.45) is 7.57. The van der Waals surface area contributed by atoms with E-state index < -0.39 is 33.4 Å². The molecule has 2 heterocycles. The van der Waals surface area contributed by atoms with Gasteiger partial charge in [0.25, 0.3) is 15.9 Å². The third kappa shape index (κ3) is 5.50. The lowest BCUT2D eigenvalue weighted by Gasteiger charge is -2.31. The zero-order valence-electron chi connectivity index (χ0n) is 21.7. The summed E-state index contributed by atoms with van der Waals surface area (Å²) >= 11 is 0. The number of carbonyl (C=O) groups is 2. The number of sulfonamides is 1. The molecular formula is C28H35N3O6S. The van der Waals surface area contributed by atoms with E-state index in [2.05, 4.69) is 15.8 Å². The molecule has 1 saturated heterocycles. The summed E-state index contributed by atoms with van der Waals surface area (Å²) in [5.74, 6) is -0.366. The highest BCUT2D eigenvalue weighted by atomic mass is 32.2. The SMILES string of the molecule is Cc1cccc(C2CCCCC2)c1OC1(C(=O)NS(=O)(=O)c2cccc(N3CCC(C(=O)O)CC3)n2)CC1. The Labute approximate surface area is 223 Å². The predicted octanol–water partition coefficient (Wildman–Crippen LogP) is 4.16. The fourth-order valence-electron chi connectivity index (χ4n) is 5.59. The number of nitrogens with one attached hydrogen (secondary N) is 1. The Morgan fingerprint density at radius 1 is 1.03 bits per heavy atom. The molecule has 38 heavy (non-hydrogen) atoms. The van der Waals surface area contributed by atoms with Crippen molar-refractivity contribution in [2.75, 3.05) is 18.0 Å². The number of piperidine rings is 1. The Balaban J connectivity index is 1.30. The van der Waals surface area contributed by atoms with Gasteiger partial charge in [-0.15, -0.1) is 0 Å². The molecule has 2 aliphatic carbocycles. The Hall–Kier alpha value is -3.14. The first-order chi connectivity index (χ1) is 18.2. The number of carboxylic acid groups (broad SMARTS) is 1. The minimum absolute atomic E-state index is 0.252. The summed E-state index contributed by atoms with van der Waals surface area (Å²) in [6, 6.07) is 10.7. The lowest BCUT2D eigenvalue weighted by molar-refractivity contribution is -0.142. The number of aromatic nitrogens is 1. The maximum atomic E-state index is 13.3. The highest BCUT2D eigenvalue weighted by Crippen LogP contribution is 2.46. The minimum atomic E-state index is -4.23. The molecule has 2 aromatic rings. The number of rotatable bonds is 8. The van der Waals surface area contributed by atoms with E-state index in [0.717, 1.165) is 24.0 Å². The number of nitrogens with zero attached hydrogens (tertiary/aromatic N) is 2. The molecule has 0 bridgehead atoms. The van der Waals surface area contributed by atoms with Crippen molar-refractivity contribution in [2.24, 2.45) is 5.92 Å². The average Bonchev–Trinajstić information content (AvgIpc) is 3.71. The van der Waals surface area contributed by atoms with E-state index in [1.54, 1.807) is 12.1 Å². The molecule has 10 heteroatoms. The van der Waals surface area contributed by atoms with Crippen LogP contribution in [0, 0.1) is 12.8 Å². The van der Waals surface area contributed by atoms with Crippen molar-refractivity contribution in [2.45, 2.75) is 81.3 Å². The molecular weight excluding hydrogens is 506 g/mol. The van der Waals surface area contributed by atoms with Crippen molar-refractivity contribution in [3.63, 3.8) is 0 Å². The molecule has 2 N–H and O–H groups in total. The molecule has 0 spiro atoms. The third-order valence-corrected chi connectivity index (χ3v) is 9.31. The van der Waals surface area contributed by atoms with Crippen LogP contribution in [-0.2, 0) is 19.6 Å². The molecule has 3 fully saturated rings. The summed E-state index contributed by atoms with van der Waals surface area (Å²) in [5, 5.41) is 8.97. The first-order valence-electron chi connectivity index (χ1n) is 13.5. The standard InChI is InChI=1S/C28H35N3O6S/c1-19-7-5-10-22(20-8-3-2-4-9-20)25(19)37-28(15-16-28)27(34)30-38(35,36)24-12-6-11-23(29-24)31-17-13-21(14-18-31)26(32)33/h5-7,10-12,20-21H,2-4,8-9,13-18H2,1H3,(H,30,34)(H,32,33). The van der Waals surface area contributed by atoms with E-state index in [1.165, 1.54) is 25.3 Å². The summed E-state index contributed by atoms with van der Waals surface area (Å²) in [4.78, 5) is 30.7. The maximum Gasteiger partial charge on any atom is 0.306 e. The van der Waals surface area contributed by atoms with Gasteiger partial charge in [-0.2, -0.15) is 8.42 Å². The second kappa shape index (κ2) is 10.6. The number of hydrogen-bond acceptors (Lipinski definition) is 7. The summed E-state index contributed by atoms with van der Waals surface area (Å²) in [6.45, 7) is 2.90. The summed E-state index contributed by atoms with van der Waals surface area (Å²) in [7, 11) is -4.23. The van der Waals surface area contributed by atoms with Crippen LogP contribution < -0.4 is 14.4 Å². The topological polar surface area (TPSA) is 126 Å². The van der Waals surface area contributed by atoms with E-state index in [1.807, 2.05) is 24.0 Å². The van der Waals surface area contributed by atoms with Gasteiger partial charge in [0.2, 0.25) is 0 Å². The normalized spacial score (nSPS) is 20.1. The number of carboxylic acids is 1. The number of aryl methyl sites for hydroxylation is 1. The smallest absolute Gasteiger partial charge is 0.306 e. The van der Waals surface area contributed by atoms with E-state index >= 15 is 0 Å². The van der Waals surface area contributed by atoms with Gasteiger partial charge in [0, 0.05) is 25.9 Å². The molecule has 5 rings (SSSR count). The maximum absolute atomic E-state index is 13.3. The van der Waals surface area contributed by atoms with Crippen molar-refractivity contribution in [3.05, 3.63) is 47.5 Å². The number of pyridine rings is 1. The van der Waals surface area contributed by atoms with Gasteiger partial charge >= 0.3 is 5.97 Å². The van der Waals surface area contributed by atoms with Crippen LogP contribution in [0.4, 0.5) is 5.82 Å². The number of aliphatic carboxylic acids is 1. The molecule has 0 unspecified atom stereocenters. The number of anilines is 1. The Morgan fingerprint density at radius 3 is 2.37 bits per heavy atom. The second-order valence-corrected chi connectivity index (χ2v) is 12.4. The van der Waals surface area contributed by atoms with Gasteiger partial charge in [-0.1, -0.05) is 43.5 Å². The fraction of sp³-hybridized carbons (Fsp3) is 0.536. The number of amides is 1. The van der Waals surface area contributed by atoms with Gasteiger partial charge in [-0.25, -0.2) is 9.71 Å². The van der Waals surface area contributed by atoms with Crippen molar-refractivity contribution in [1.82, 2.24) is 9.71 Å². The molecule has 0 atom stereocenters. The number of ether oxygens (including phenoxy) is 1. The van der Waals surface area contributed by atoms with Crippen molar-refractivity contribution >= 4 is 27.7 Å². The third-order valence-electron chi connectivity index (χ3n) is 8.08. The van der Waals surface area contributed by atoms with Gasteiger partial charge in [-0.05, 0) is 61.8 Å². The first kappa shape index (κ1) is 26.5. The highest BCUT2D eigenvalue weighted by molar-refractivity contribution is 7.90. The molecule has 204 valence electrons. The lowest BCUT2D eigenvalue weighted by atomic mass is 9.83. The average molecular weight is 542 g/mol. The van der Waals surface area contributed by atoms with E-state index in [9.17, 15) is 23.1 Å². The van der Waals surface area contributed by atoms with Crippen LogP contribution in [0.3, 0.4) is 0 Å². The number of para-hydroxylation sites is 1. The van der Waals surface area contributed by atoms with Crippen LogP contribution in [0.5, 0.6) is 5.75 Å². The number of hydrogen-bond donors (Lipinski definition) is 2. The summed E-state index contributed by atoms with van der Waals surface area (Å²) < 4.78 is 34.9. The Morgan fingerprint density at radius 2 is 1.71 bits per heavy atom. The lowest BCUT2D eigenvalue weighted by Crippen LogP contribution is -2.44. The van der Waals surface area contributed by atoms with Crippen LogP contribution in [0.25, 0.3) is 0 Å². The molecule has 9 nitrogen and oxygen atoms in total. The van der Waals surface area contributed by atoms with Crippen LogP contribution >= 0.6 is 0 Å². The van der Waals surface area contributed by atoms with Crippen LogP contribution in [0.15, 0.2) is 41.4 Å². The van der Waals surface area contributed by atoms with Gasteiger partial charge in [0.1, 0.15) is 11.6 Å². The van der Waals surface area contributed by atoms with E-state index in [0.29, 0.717) is 56.3 Å². The molecule has 1 aliphatic heterocycles. The van der Waals surface area contributed by atoms with Crippen molar-refractivity contribution < 1.29 is 27.9 Å². The minimum Gasteiger partial charge on any atom is -0.481 e. The molecule has 1 aromatic heterocycles. The zero-order valence-corrected chi connectivity index (χ0v) is 22.5. The number of benzene rings is 1. The zero-order chi connectivity index (χ0) is 26.9. The fourth-order valence-corrected chi connectivity index (χ4v) is 6.59. The largest absolute Gasteiger partial charge is 0.481 e. The highest BCUT2D eigenvalue weighted by Gasteiger charge is 2.54. The molecule has 2 saturated carbocycles.